The van der Waals surface area contributed by atoms with E-state index >= 15 is 0 Å². The molecule has 102 valence electrons. The van der Waals surface area contributed by atoms with Gasteiger partial charge in [-0.3, -0.25) is 4.79 Å². The quantitative estimate of drug-likeness (QED) is 0.784. The van der Waals surface area contributed by atoms with Gasteiger partial charge in [-0.15, -0.1) is 0 Å². The number of urea groups is 1. The van der Waals surface area contributed by atoms with Gasteiger partial charge in [0, 0.05) is 12.7 Å². The minimum atomic E-state index is -0.380. The van der Waals surface area contributed by atoms with E-state index in [0.717, 1.165) is 5.69 Å². The molecule has 3 amide bonds. The van der Waals surface area contributed by atoms with Gasteiger partial charge in [-0.2, -0.15) is 0 Å². The van der Waals surface area contributed by atoms with Gasteiger partial charge < -0.3 is 4.90 Å². The lowest BCUT2D eigenvalue weighted by Crippen LogP contribution is -2.32. The van der Waals surface area contributed by atoms with Crippen molar-refractivity contribution in [3.63, 3.8) is 0 Å². The summed E-state index contributed by atoms with van der Waals surface area (Å²) in [6, 6.07) is 4.65. The molecule has 0 aromatic carbocycles. The predicted octanol–water partition coefficient (Wildman–Crippen LogP) is 2.20. The molecule has 1 fully saturated rings. The third-order valence-electron chi connectivity index (χ3n) is 3.26. The molecule has 1 aromatic rings. The molecular formula is C14H19N3O2. The number of amides is 3. The number of nitrogens with zero attached hydrogens (tertiary/aromatic N) is 3. The van der Waals surface area contributed by atoms with Crippen molar-refractivity contribution in [2.45, 2.75) is 33.2 Å². The molecular weight excluding hydrogens is 242 g/mol. The van der Waals surface area contributed by atoms with Crippen LogP contribution >= 0.6 is 0 Å². The molecule has 1 aromatic heterocycles. The molecule has 0 unspecified atom stereocenters. The van der Waals surface area contributed by atoms with Crippen molar-refractivity contribution in [2.24, 2.45) is 5.92 Å². The first-order valence-corrected chi connectivity index (χ1v) is 6.46. The lowest BCUT2D eigenvalue weighted by molar-refractivity contribution is -0.119. The van der Waals surface area contributed by atoms with E-state index in [2.05, 4.69) is 4.98 Å². The summed E-state index contributed by atoms with van der Waals surface area (Å²) < 4.78 is 0. The third-order valence-corrected chi connectivity index (χ3v) is 3.26. The van der Waals surface area contributed by atoms with Gasteiger partial charge in [-0.1, -0.05) is 19.9 Å². The van der Waals surface area contributed by atoms with Crippen LogP contribution in [0.3, 0.4) is 0 Å². The number of aryl methyl sites for hydroxylation is 1. The number of likely N-dealkylation sites (N-methyl/N-ethyl adjacent to an activating group) is 1. The van der Waals surface area contributed by atoms with Gasteiger partial charge in [0.05, 0.1) is 0 Å². The molecule has 1 aliphatic rings. The summed E-state index contributed by atoms with van der Waals surface area (Å²) in [4.78, 5) is 31.6. The number of pyridine rings is 1. The molecule has 0 N–H and O–H groups in total. The number of aromatic nitrogens is 1. The second-order valence-corrected chi connectivity index (χ2v) is 5.35. The second kappa shape index (κ2) is 4.99. The summed E-state index contributed by atoms with van der Waals surface area (Å²) >= 11 is 0. The molecule has 19 heavy (non-hydrogen) atoms. The number of imide groups is 1. The summed E-state index contributed by atoms with van der Waals surface area (Å²) in [6.07, 6.45) is 0.670. The molecule has 2 rings (SSSR count). The highest BCUT2D eigenvalue weighted by molar-refractivity contribution is 6.20. The Labute approximate surface area is 113 Å². The Morgan fingerprint density at radius 3 is 2.58 bits per heavy atom. The molecule has 5 nitrogen and oxygen atoms in total. The molecule has 0 saturated carbocycles. The molecule has 1 aliphatic heterocycles. The van der Waals surface area contributed by atoms with Gasteiger partial charge in [0.25, 0.3) is 5.91 Å². The second-order valence-electron chi connectivity index (χ2n) is 5.35. The Bertz CT molecular complexity index is 513. The zero-order valence-corrected chi connectivity index (χ0v) is 11.8. The van der Waals surface area contributed by atoms with E-state index in [0.29, 0.717) is 18.2 Å². The maximum atomic E-state index is 12.4. The largest absolute Gasteiger partial charge is 0.333 e. The Morgan fingerprint density at radius 1 is 1.32 bits per heavy atom. The molecule has 0 radical (unpaired) electrons. The number of hydrogen-bond donors (Lipinski definition) is 0. The molecule has 2 heterocycles. The van der Waals surface area contributed by atoms with Gasteiger partial charge in [0.2, 0.25) is 0 Å². The number of anilines is 1. The third kappa shape index (κ3) is 2.45. The molecule has 5 heteroatoms. The minimum Gasteiger partial charge on any atom is -0.315 e. The van der Waals surface area contributed by atoms with E-state index in [1.54, 1.807) is 19.2 Å². The van der Waals surface area contributed by atoms with Crippen molar-refractivity contribution in [3.05, 3.63) is 23.9 Å². The lowest BCUT2D eigenvalue weighted by Gasteiger charge is -2.17. The summed E-state index contributed by atoms with van der Waals surface area (Å²) in [5.41, 5.74) is 0.785. The van der Waals surface area contributed by atoms with Gasteiger partial charge >= 0.3 is 6.03 Å². The standard InChI is InChI=1S/C14H19N3O2/c1-9(2)8-11-13(18)17(14(19)16(11)4)12-7-5-6-10(3)15-12/h5-7,9,11H,8H2,1-4H3/t11-/m0/s1. The van der Waals surface area contributed by atoms with Gasteiger partial charge in [-0.25, -0.2) is 14.7 Å². The maximum Gasteiger partial charge on any atom is 0.333 e. The van der Waals surface area contributed by atoms with Crippen LogP contribution in [0.4, 0.5) is 10.6 Å². The van der Waals surface area contributed by atoms with Crippen LogP contribution in [0.15, 0.2) is 18.2 Å². The van der Waals surface area contributed by atoms with Crippen LogP contribution in [-0.2, 0) is 4.79 Å². The maximum absolute atomic E-state index is 12.4. The summed E-state index contributed by atoms with van der Waals surface area (Å²) in [5, 5.41) is 0. The number of carbonyl (C=O) groups excluding carboxylic acids is 2. The monoisotopic (exact) mass is 261 g/mol. The Morgan fingerprint density at radius 2 is 2.00 bits per heavy atom. The van der Waals surface area contributed by atoms with Crippen LogP contribution in [0.25, 0.3) is 0 Å². The summed E-state index contributed by atoms with van der Waals surface area (Å²) in [7, 11) is 1.67. The van der Waals surface area contributed by atoms with E-state index in [1.807, 2.05) is 26.8 Å². The highest BCUT2D eigenvalue weighted by Gasteiger charge is 2.44. The minimum absolute atomic E-state index is 0.181. The Kier molecular flexibility index (Phi) is 3.55. The molecule has 0 spiro atoms. The summed E-state index contributed by atoms with van der Waals surface area (Å²) in [5.74, 6) is 0.585. The van der Waals surface area contributed by atoms with Crippen molar-refractivity contribution in [1.82, 2.24) is 9.88 Å². The number of rotatable bonds is 3. The SMILES string of the molecule is Cc1cccc(N2C(=O)[C@H](CC(C)C)N(C)C2=O)n1. The highest BCUT2D eigenvalue weighted by atomic mass is 16.2. The highest BCUT2D eigenvalue weighted by Crippen LogP contribution is 2.25. The van der Waals surface area contributed by atoms with Gasteiger partial charge in [0.15, 0.2) is 0 Å². The first-order chi connectivity index (χ1) is 8.91. The fourth-order valence-corrected chi connectivity index (χ4v) is 2.27. The van der Waals surface area contributed by atoms with Crippen molar-refractivity contribution in [3.8, 4) is 0 Å². The average Bonchev–Trinajstić information content (AvgIpc) is 2.53. The smallest absolute Gasteiger partial charge is 0.315 e. The van der Waals surface area contributed by atoms with Crippen LogP contribution in [0.2, 0.25) is 0 Å². The zero-order valence-electron chi connectivity index (χ0n) is 11.8. The van der Waals surface area contributed by atoms with Crippen molar-refractivity contribution in [1.29, 1.82) is 0 Å². The normalized spacial score (nSPS) is 19.7. The first kappa shape index (κ1) is 13.5. The van der Waals surface area contributed by atoms with Gasteiger partial charge in [0.1, 0.15) is 11.9 Å². The van der Waals surface area contributed by atoms with E-state index in [4.69, 9.17) is 0 Å². The average molecular weight is 261 g/mol. The van der Waals surface area contributed by atoms with Gasteiger partial charge in [-0.05, 0) is 31.4 Å². The molecule has 1 saturated heterocycles. The van der Waals surface area contributed by atoms with Crippen LogP contribution in [0.5, 0.6) is 0 Å². The molecule has 0 aliphatic carbocycles. The van der Waals surface area contributed by atoms with E-state index in [9.17, 15) is 9.59 Å². The fourth-order valence-electron chi connectivity index (χ4n) is 2.27. The van der Waals surface area contributed by atoms with Crippen LogP contribution < -0.4 is 4.90 Å². The van der Waals surface area contributed by atoms with E-state index < -0.39 is 0 Å². The van der Waals surface area contributed by atoms with Crippen LogP contribution in [0, 0.1) is 12.8 Å². The van der Waals surface area contributed by atoms with Crippen molar-refractivity contribution in [2.75, 3.05) is 11.9 Å². The number of carbonyl (C=O) groups is 2. The van der Waals surface area contributed by atoms with Crippen molar-refractivity contribution >= 4 is 17.8 Å². The van der Waals surface area contributed by atoms with E-state index in [1.165, 1.54) is 9.80 Å². The fraction of sp³-hybridized carbons (Fsp3) is 0.500. The zero-order chi connectivity index (χ0) is 14.2. The van der Waals surface area contributed by atoms with Crippen LogP contribution in [-0.4, -0.2) is 34.9 Å². The van der Waals surface area contributed by atoms with Crippen LogP contribution in [0.1, 0.15) is 26.0 Å². The predicted molar refractivity (Wildman–Crippen MR) is 72.9 cm³/mol. The molecule has 1 atom stereocenters. The van der Waals surface area contributed by atoms with Crippen molar-refractivity contribution < 1.29 is 9.59 Å². The Hall–Kier alpha value is -1.91. The lowest BCUT2D eigenvalue weighted by atomic mass is 10.0. The topological polar surface area (TPSA) is 53.5 Å². The Balaban J connectivity index is 2.32. The summed E-state index contributed by atoms with van der Waals surface area (Å²) in [6.45, 7) is 5.92. The molecule has 0 bridgehead atoms. The first-order valence-electron chi connectivity index (χ1n) is 6.46. The number of hydrogen-bond acceptors (Lipinski definition) is 3. The van der Waals surface area contributed by atoms with E-state index in [-0.39, 0.29) is 18.0 Å².